The minimum absolute atomic E-state index is 0.0386. The summed E-state index contributed by atoms with van der Waals surface area (Å²) in [5.74, 6) is -0.476. The van der Waals surface area contributed by atoms with E-state index in [9.17, 15) is 13.2 Å². The van der Waals surface area contributed by atoms with Crippen molar-refractivity contribution in [3.63, 3.8) is 0 Å². The molecule has 7 nitrogen and oxygen atoms in total. The van der Waals surface area contributed by atoms with Gasteiger partial charge >= 0.3 is 0 Å². The molecule has 0 radical (unpaired) electrons. The second-order valence-electron chi connectivity index (χ2n) is 4.18. The van der Waals surface area contributed by atoms with Crippen LogP contribution in [0.3, 0.4) is 0 Å². The Morgan fingerprint density at radius 2 is 2.10 bits per heavy atom. The van der Waals surface area contributed by atoms with Crippen molar-refractivity contribution >= 4 is 21.6 Å². The van der Waals surface area contributed by atoms with E-state index in [-0.39, 0.29) is 17.3 Å². The summed E-state index contributed by atoms with van der Waals surface area (Å²) >= 11 is 0. The monoisotopic (exact) mass is 298 g/mol. The first-order valence-corrected chi connectivity index (χ1v) is 7.32. The van der Waals surface area contributed by atoms with E-state index in [0.29, 0.717) is 17.9 Å². The summed E-state index contributed by atoms with van der Waals surface area (Å²) in [6, 6.07) is 4.23. The number of rotatable bonds is 3. The lowest BCUT2D eigenvalue weighted by Crippen LogP contribution is -2.22. The van der Waals surface area contributed by atoms with Gasteiger partial charge in [0.25, 0.3) is 5.91 Å². The zero-order valence-electron chi connectivity index (χ0n) is 10.8. The van der Waals surface area contributed by atoms with Gasteiger partial charge in [0, 0.05) is 5.69 Å². The molecule has 0 saturated carbocycles. The molecular weight excluding hydrogens is 284 g/mol. The van der Waals surface area contributed by atoms with Crippen molar-refractivity contribution in [2.24, 2.45) is 5.14 Å². The molecule has 0 aromatic heterocycles. The molecule has 0 saturated heterocycles. The van der Waals surface area contributed by atoms with Gasteiger partial charge in [-0.05, 0) is 24.6 Å². The zero-order valence-corrected chi connectivity index (χ0v) is 11.6. The highest BCUT2D eigenvalue weighted by Crippen LogP contribution is 2.20. The largest absolute Gasteiger partial charge is 0.494 e. The maximum absolute atomic E-state index is 11.9. The first kappa shape index (κ1) is 14.4. The number of primary sulfonamides is 1. The SMILES string of the molecule is Cc1ccc(S(N)(=O)=O)cc1NC(=O)C1=COCCO1. The Kier molecular flexibility index (Phi) is 3.96. The molecule has 0 fully saturated rings. The molecule has 0 unspecified atom stereocenters. The van der Waals surface area contributed by atoms with Gasteiger partial charge in [-0.1, -0.05) is 6.07 Å². The minimum atomic E-state index is -3.82. The highest BCUT2D eigenvalue weighted by Gasteiger charge is 2.17. The van der Waals surface area contributed by atoms with Gasteiger partial charge in [-0.25, -0.2) is 13.6 Å². The third kappa shape index (κ3) is 3.28. The number of anilines is 1. The van der Waals surface area contributed by atoms with Crippen molar-refractivity contribution in [3.8, 4) is 0 Å². The number of hydrogen-bond donors (Lipinski definition) is 2. The van der Waals surface area contributed by atoms with E-state index in [0.717, 1.165) is 0 Å². The Bertz CT molecular complexity index is 666. The van der Waals surface area contributed by atoms with Crippen molar-refractivity contribution in [1.29, 1.82) is 0 Å². The number of aryl methyl sites for hydroxylation is 1. The van der Waals surface area contributed by atoms with Gasteiger partial charge < -0.3 is 14.8 Å². The van der Waals surface area contributed by atoms with Crippen LogP contribution in [-0.2, 0) is 24.3 Å². The van der Waals surface area contributed by atoms with Crippen LogP contribution in [0.15, 0.2) is 35.1 Å². The third-order valence-electron chi connectivity index (χ3n) is 2.66. The summed E-state index contributed by atoms with van der Waals surface area (Å²) in [6.07, 6.45) is 1.22. The summed E-state index contributed by atoms with van der Waals surface area (Å²) in [6.45, 7) is 2.40. The summed E-state index contributed by atoms with van der Waals surface area (Å²) in [4.78, 5) is 11.8. The maximum Gasteiger partial charge on any atom is 0.294 e. The summed E-state index contributed by atoms with van der Waals surface area (Å²) in [7, 11) is -3.82. The number of nitrogens with two attached hydrogens (primary N) is 1. The Morgan fingerprint density at radius 3 is 2.70 bits per heavy atom. The number of benzene rings is 1. The average Bonchev–Trinajstić information content (AvgIpc) is 2.41. The topological polar surface area (TPSA) is 108 Å². The van der Waals surface area contributed by atoms with E-state index in [1.165, 1.54) is 18.4 Å². The number of amides is 1. The number of carbonyl (C=O) groups excluding carboxylic acids is 1. The van der Waals surface area contributed by atoms with Gasteiger partial charge in [-0.2, -0.15) is 0 Å². The average molecular weight is 298 g/mol. The second kappa shape index (κ2) is 5.51. The molecule has 1 aliphatic rings. The molecule has 1 aromatic carbocycles. The van der Waals surface area contributed by atoms with Gasteiger partial charge in [-0.3, -0.25) is 4.79 Å². The Hall–Kier alpha value is -2.06. The van der Waals surface area contributed by atoms with Crippen LogP contribution in [0.2, 0.25) is 0 Å². The summed E-state index contributed by atoms with van der Waals surface area (Å²) < 4.78 is 32.7. The van der Waals surface area contributed by atoms with Crippen molar-refractivity contribution < 1.29 is 22.7 Å². The molecule has 20 heavy (non-hydrogen) atoms. The van der Waals surface area contributed by atoms with Crippen LogP contribution in [0, 0.1) is 6.92 Å². The Labute approximate surface area is 116 Å². The molecule has 3 N–H and O–H groups in total. The van der Waals surface area contributed by atoms with Crippen molar-refractivity contribution in [2.45, 2.75) is 11.8 Å². The van der Waals surface area contributed by atoms with Crippen LogP contribution >= 0.6 is 0 Å². The summed E-state index contributed by atoms with van der Waals surface area (Å²) in [5.41, 5.74) is 1.04. The lowest BCUT2D eigenvalue weighted by Gasteiger charge is -2.16. The van der Waals surface area contributed by atoms with Gasteiger partial charge in [-0.15, -0.1) is 0 Å². The number of sulfonamides is 1. The van der Waals surface area contributed by atoms with E-state index in [1.807, 2.05) is 0 Å². The highest BCUT2D eigenvalue weighted by molar-refractivity contribution is 7.89. The standard InChI is InChI=1S/C12H14N2O5S/c1-8-2-3-9(20(13,16)17)6-10(8)14-12(15)11-7-18-4-5-19-11/h2-3,6-7H,4-5H2,1H3,(H,14,15)(H2,13,16,17). The molecule has 1 aromatic rings. The Balaban J connectivity index is 2.24. The molecule has 1 heterocycles. The predicted octanol–water partition coefficient (Wildman–Crippen LogP) is 0.469. The van der Waals surface area contributed by atoms with E-state index >= 15 is 0 Å². The molecule has 0 bridgehead atoms. The van der Waals surface area contributed by atoms with Gasteiger partial charge in [0.05, 0.1) is 4.90 Å². The molecule has 1 aliphatic heterocycles. The number of carbonyl (C=O) groups is 1. The maximum atomic E-state index is 11.9. The van der Waals surface area contributed by atoms with Crippen LogP contribution in [0.25, 0.3) is 0 Å². The fraction of sp³-hybridized carbons (Fsp3) is 0.250. The van der Waals surface area contributed by atoms with Gasteiger partial charge in [0.1, 0.15) is 19.5 Å². The van der Waals surface area contributed by atoms with Crippen LogP contribution in [0.4, 0.5) is 5.69 Å². The quantitative estimate of drug-likeness (QED) is 0.843. The van der Waals surface area contributed by atoms with Crippen LogP contribution in [0.5, 0.6) is 0 Å². The molecule has 0 spiro atoms. The van der Waals surface area contributed by atoms with E-state index < -0.39 is 15.9 Å². The first-order chi connectivity index (χ1) is 9.38. The first-order valence-electron chi connectivity index (χ1n) is 5.77. The molecule has 1 amide bonds. The molecular formula is C12H14N2O5S. The molecule has 0 aliphatic carbocycles. The van der Waals surface area contributed by atoms with Crippen LogP contribution < -0.4 is 10.5 Å². The Morgan fingerprint density at radius 1 is 1.35 bits per heavy atom. The number of hydrogen-bond acceptors (Lipinski definition) is 5. The van der Waals surface area contributed by atoms with Crippen molar-refractivity contribution in [1.82, 2.24) is 0 Å². The minimum Gasteiger partial charge on any atom is -0.494 e. The van der Waals surface area contributed by atoms with Crippen molar-refractivity contribution in [3.05, 3.63) is 35.8 Å². The number of ether oxygens (including phenoxy) is 2. The van der Waals surface area contributed by atoms with Crippen LogP contribution in [-0.4, -0.2) is 27.5 Å². The summed E-state index contributed by atoms with van der Waals surface area (Å²) in [5, 5.41) is 7.61. The second-order valence-corrected chi connectivity index (χ2v) is 5.74. The van der Waals surface area contributed by atoms with Crippen LogP contribution in [0.1, 0.15) is 5.56 Å². The lowest BCUT2D eigenvalue weighted by molar-refractivity contribution is -0.117. The van der Waals surface area contributed by atoms with Gasteiger partial charge in [0.2, 0.25) is 15.8 Å². The van der Waals surface area contributed by atoms with Gasteiger partial charge in [0.15, 0.2) is 0 Å². The molecule has 0 atom stereocenters. The fourth-order valence-electron chi connectivity index (χ4n) is 1.58. The predicted molar refractivity (Wildman–Crippen MR) is 71.2 cm³/mol. The zero-order chi connectivity index (χ0) is 14.8. The molecule has 8 heteroatoms. The lowest BCUT2D eigenvalue weighted by atomic mass is 10.2. The smallest absolute Gasteiger partial charge is 0.294 e. The van der Waals surface area contributed by atoms with Crippen molar-refractivity contribution in [2.75, 3.05) is 18.5 Å². The number of nitrogens with one attached hydrogen (secondary N) is 1. The van der Waals surface area contributed by atoms with E-state index in [2.05, 4.69) is 5.32 Å². The fourth-order valence-corrected chi connectivity index (χ4v) is 2.12. The normalized spacial score (nSPS) is 14.8. The third-order valence-corrected chi connectivity index (χ3v) is 3.57. The molecule has 108 valence electrons. The molecule has 2 rings (SSSR count). The highest BCUT2D eigenvalue weighted by atomic mass is 32.2. The van der Waals surface area contributed by atoms with E-state index in [1.54, 1.807) is 13.0 Å². The van der Waals surface area contributed by atoms with E-state index in [4.69, 9.17) is 14.6 Å².